The van der Waals surface area contributed by atoms with E-state index in [0.29, 0.717) is 5.75 Å². The molecule has 0 radical (unpaired) electrons. The van der Waals surface area contributed by atoms with Gasteiger partial charge in [0, 0.05) is 11.4 Å². The quantitative estimate of drug-likeness (QED) is 0.655. The van der Waals surface area contributed by atoms with Crippen molar-refractivity contribution in [2.75, 3.05) is 18.8 Å². The minimum atomic E-state index is -2.88. The van der Waals surface area contributed by atoms with Crippen LogP contribution in [0.1, 0.15) is 19.8 Å². The molecule has 1 unspecified atom stereocenters. The smallest absolute Gasteiger partial charge is 0.173 e. The number of sulfone groups is 1. The van der Waals surface area contributed by atoms with Crippen molar-refractivity contribution in [1.82, 2.24) is 4.90 Å². The Hall–Kier alpha value is -0.350. The van der Waals surface area contributed by atoms with Crippen molar-refractivity contribution >= 4 is 9.84 Å². The zero-order valence-electron chi connectivity index (χ0n) is 8.52. The maximum Gasteiger partial charge on any atom is 0.173 e. The fourth-order valence-corrected chi connectivity index (χ4v) is 3.48. The highest BCUT2D eigenvalue weighted by Crippen LogP contribution is 2.22. The predicted molar refractivity (Wildman–Crippen MR) is 56.7 cm³/mol. The molecule has 0 bridgehead atoms. The van der Waals surface area contributed by atoms with Crippen LogP contribution in [-0.4, -0.2) is 38.2 Å². The summed E-state index contributed by atoms with van der Waals surface area (Å²) >= 11 is 0. The molecule has 0 aromatic carbocycles. The van der Waals surface area contributed by atoms with E-state index in [0.717, 1.165) is 19.0 Å². The fourth-order valence-electron chi connectivity index (χ4n) is 2.15. The number of hydrogen-bond donors (Lipinski definition) is 0. The van der Waals surface area contributed by atoms with Gasteiger partial charge in [-0.05, 0) is 31.8 Å². The standard InChI is InChI=1S/C10H17NO2S/c1-9-2-5-11(6-3-9)10-4-7-14(12,13)8-10/h4,7,9-10H,2-3,5-6,8H2,1H3. The van der Waals surface area contributed by atoms with E-state index in [4.69, 9.17) is 0 Å². The number of likely N-dealkylation sites (tertiary alicyclic amines) is 1. The molecule has 0 amide bonds. The van der Waals surface area contributed by atoms with Gasteiger partial charge in [-0.15, -0.1) is 0 Å². The van der Waals surface area contributed by atoms with Crippen LogP contribution in [0.15, 0.2) is 11.5 Å². The minimum Gasteiger partial charge on any atom is -0.296 e. The maximum atomic E-state index is 11.2. The van der Waals surface area contributed by atoms with E-state index >= 15 is 0 Å². The van der Waals surface area contributed by atoms with Gasteiger partial charge in [-0.2, -0.15) is 0 Å². The summed E-state index contributed by atoms with van der Waals surface area (Å²) in [6.45, 7) is 4.36. The van der Waals surface area contributed by atoms with Gasteiger partial charge in [-0.1, -0.05) is 13.0 Å². The van der Waals surface area contributed by atoms with Crippen LogP contribution in [0.4, 0.5) is 0 Å². The molecule has 2 heterocycles. The lowest BCUT2D eigenvalue weighted by Crippen LogP contribution is -2.41. The zero-order chi connectivity index (χ0) is 10.2. The summed E-state index contributed by atoms with van der Waals surface area (Å²) < 4.78 is 22.5. The predicted octanol–water partition coefficient (Wildman–Crippen LogP) is 1.03. The van der Waals surface area contributed by atoms with Gasteiger partial charge in [0.05, 0.1) is 5.75 Å². The number of nitrogens with zero attached hydrogens (tertiary/aromatic N) is 1. The Labute approximate surface area is 85.7 Å². The molecular formula is C10H17NO2S. The molecule has 3 nitrogen and oxygen atoms in total. The molecule has 0 aromatic heterocycles. The van der Waals surface area contributed by atoms with E-state index in [2.05, 4.69) is 11.8 Å². The van der Waals surface area contributed by atoms with Crippen LogP contribution in [0, 0.1) is 5.92 Å². The van der Waals surface area contributed by atoms with Gasteiger partial charge < -0.3 is 0 Å². The Bertz CT molecular complexity index is 326. The molecule has 0 aromatic rings. The highest BCUT2D eigenvalue weighted by atomic mass is 32.2. The molecule has 0 N–H and O–H groups in total. The van der Waals surface area contributed by atoms with Crippen molar-refractivity contribution in [3.05, 3.63) is 11.5 Å². The summed E-state index contributed by atoms with van der Waals surface area (Å²) in [7, 11) is -2.88. The van der Waals surface area contributed by atoms with Gasteiger partial charge in [0.1, 0.15) is 0 Å². The second-order valence-electron chi connectivity index (χ2n) is 4.44. The van der Waals surface area contributed by atoms with Crippen LogP contribution in [0.25, 0.3) is 0 Å². The van der Waals surface area contributed by atoms with Crippen LogP contribution in [0.3, 0.4) is 0 Å². The average Bonchev–Trinajstić information content (AvgIpc) is 2.47. The normalized spacial score (nSPS) is 33.6. The van der Waals surface area contributed by atoms with E-state index in [1.807, 2.05) is 6.08 Å². The third kappa shape index (κ3) is 2.17. The molecule has 0 spiro atoms. The average molecular weight is 215 g/mol. The van der Waals surface area contributed by atoms with Gasteiger partial charge >= 0.3 is 0 Å². The first-order valence-corrected chi connectivity index (χ1v) is 6.93. The molecule has 2 aliphatic heterocycles. The molecule has 0 aliphatic carbocycles. The number of rotatable bonds is 1. The van der Waals surface area contributed by atoms with E-state index < -0.39 is 9.84 Å². The Balaban J connectivity index is 1.95. The molecule has 14 heavy (non-hydrogen) atoms. The van der Waals surface area contributed by atoms with E-state index in [1.54, 1.807) is 0 Å². The van der Waals surface area contributed by atoms with Crippen molar-refractivity contribution in [2.24, 2.45) is 5.92 Å². The molecule has 2 rings (SSSR count). The van der Waals surface area contributed by atoms with Crippen molar-refractivity contribution in [3.8, 4) is 0 Å². The summed E-state index contributed by atoms with van der Waals surface area (Å²) in [5.41, 5.74) is 0. The highest BCUT2D eigenvalue weighted by Gasteiger charge is 2.28. The van der Waals surface area contributed by atoms with Gasteiger partial charge in [0.15, 0.2) is 9.84 Å². The van der Waals surface area contributed by atoms with Gasteiger partial charge in [-0.25, -0.2) is 8.42 Å². The third-order valence-corrected chi connectivity index (χ3v) is 4.58. The molecule has 2 aliphatic rings. The van der Waals surface area contributed by atoms with Crippen LogP contribution >= 0.6 is 0 Å². The van der Waals surface area contributed by atoms with Crippen LogP contribution in [0.5, 0.6) is 0 Å². The summed E-state index contributed by atoms with van der Waals surface area (Å²) in [5.74, 6) is 1.09. The number of hydrogen-bond acceptors (Lipinski definition) is 3. The molecule has 80 valence electrons. The number of piperidine rings is 1. The lowest BCUT2D eigenvalue weighted by Gasteiger charge is -2.33. The Morgan fingerprint density at radius 3 is 2.43 bits per heavy atom. The summed E-state index contributed by atoms with van der Waals surface area (Å²) in [6.07, 6.45) is 4.24. The Morgan fingerprint density at radius 1 is 1.29 bits per heavy atom. The van der Waals surface area contributed by atoms with Crippen LogP contribution < -0.4 is 0 Å². The second kappa shape index (κ2) is 3.66. The first-order chi connectivity index (χ1) is 6.57. The van der Waals surface area contributed by atoms with Crippen molar-refractivity contribution in [2.45, 2.75) is 25.8 Å². The first-order valence-electron chi connectivity index (χ1n) is 5.22. The Morgan fingerprint density at radius 2 is 1.93 bits per heavy atom. The topological polar surface area (TPSA) is 37.4 Å². The van der Waals surface area contributed by atoms with E-state index in [9.17, 15) is 8.42 Å². The Kier molecular flexibility index (Phi) is 2.66. The van der Waals surface area contributed by atoms with Crippen molar-refractivity contribution < 1.29 is 8.42 Å². The molecular weight excluding hydrogens is 198 g/mol. The SMILES string of the molecule is CC1CCN(C2C=CS(=O)(=O)C2)CC1. The largest absolute Gasteiger partial charge is 0.296 e. The molecule has 1 fully saturated rings. The van der Waals surface area contributed by atoms with Gasteiger partial charge in [0.2, 0.25) is 0 Å². The minimum absolute atomic E-state index is 0.146. The van der Waals surface area contributed by atoms with Crippen molar-refractivity contribution in [1.29, 1.82) is 0 Å². The summed E-state index contributed by atoms with van der Waals surface area (Å²) in [5, 5.41) is 1.37. The first kappa shape index (κ1) is 10.2. The maximum absolute atomic E-state index is 11.2. The zero-order valence-corrected chi connectivity index (χ0v) is 9.33. The van der Waals surface area contributed by atoms with Crippen LogP contribution in [-0.2, 0) is 9.84 Å². The molecule has 1 atom stereocenters. The van der Waals surface area contributed by atoms with E-state index in [1.165, 1.54) is 18.2 Å². The fraction of sp³-hybridized carbons (Fsp3) is 0.800. The molecule has 0 saturated carbocycles. The summed E-state index contributed by atoms with van der Waals surface area (Å²) in [4.78, 5) is 2.29. The van der Waals surface area contributed by atoms with Gasteiger partial charge in [-0.3, -0.25) is 4.90 Å². The second-order valence-corrected chi connectivity index (χ2v) is 6.38. The monoisotopic (exact) mass is 215 g/mol. The third-order valence-electron chi connectivity index (χ3n) is 3.20. The molecule has 1 saturated heterocycles. The lowest BCUT2D eigenvalue weighted by atomic mass is 9.98. The summed E-state index contributed by atoms with van der Waals surface area (Å²) in [6, 6.07) is 0.146. The molecule has 4 heteroatoms. The van der Waals surface area contributed by atoms with Gasteiger partial charge in [0.25, 0.3) is 0 Å². The van der Waals surface area contributed by atoms with Crippen LogP contribution in [0.2, 0.25) is 0 Å². The van der Waals surface area contributed by atoms with Crippen molar-refractivity contribution in [3.63, 3.8) is 0 Å². The lowest BCUT2D eigenvalue weighted by molar-refractivity contribution is 0.171. The highest BCUT2D eigenvalue weighted by molar-refractivity contribution is 7.94. The van der Waals surface area contributed by atoms with E-state index in [-0.39, 0.29) is 6.04 Å².